The first-order chi connectivity index (χ1) is 10.2. The van der Waals surface area contributed by atoms with Crippen molar-refractivity contribution in [3.8, 4) is 0 Å². The number of carbonyl (C=O) groups excluding carboxylic acids is 2. The van der Waals surface area contributed by atoms with Crippen LogP contribution in [0.1, 0.15) is 42.5 Å². The van der Waals surface area contributed by atoms with Gasteiger partial charge in [-0.3, -0.25) is 4.79 Å². The summed E-state index contributed by atoms with van der Waals surface area (Å²) in [6.45, 7) is 0.209. The lowest BCUT2D eigenvalue weighted by Crippen LogP contribution is -2.39. The molecule has 0 bridgehead atoms. The van der Waals surface area contributed by atoms with Crippen LogP contribution in [0.2, 0.25) is 0 Å². The molecule has 1 amide bonds. The van der Waals surface area contributed by atoms with E-state index < -0.39 is 0 Å². The molecule has 1 aromatic rings. The highest BCUT2D eigenvalue weighted by atomic mass is 16.5. The number of carbonyl (C=O) groups is 2. The molecular formula is C16H22N2O3. The van der Waals surface area contributed by atoms with E-state index in [-0.39, 0.29) is 18.4 Å². The summed E-state index contributed by atoms with van der Waals surface area (Å²) in [7, 11) is 1.35. The molecule has 1 aliphatic rings. The third kappa shape index (κ3) is 4.77. The van der Waals surface area contributed by atoms with Crippen molar-refractivity contribution in [3.05, 3.63) is 29.8 Å². The highest BCUT2D eigenvalue weighted by Crippen LogP contribution is 2.17. The molecule has 0 unspecified atom stereocenters. The minimum atomic E-state index is -0.384. The van der Waals surface area contributed by atoms with Crippen molar-refractivity contribution in [3.63, 3.8) is 0 Å². The Balaban J connectivity index is 1.81. The molecule has 0 aliphatic heterocycles. The number of rotatable bonds is 5. The fourth-order valence-corrected chi connectivity index (χ4v) is 2.58. The number of hydrogen-bond acceptors (Lipinski definition) is 4. The Hall–Kier alpha value is -2.04. The molecule has 2 N–H and O–H groups in total. The number of ether oxygens (including phenoxy) is 1. The van der Waals surface area contributed by atoms with Crippen molar-refractivity contribution >= 4 is 17.6 Å². The summed E-state index contributed by atoms with van der Waals surface area (Å²) in [5, 5.41) is 6.08. The topological polar surface area (TPSA) is 67.4 Å². The van der Waals surface area contributed by atoms with Crippen molar-refractivity contribution in [2.45, 2.75) is 38.1 Å². The number of nitrogens with one attached hydrogen (secondary N) is 2. The molecule has 21 heavy (non-hydrogen) atoms. The van der Waals surface area contributed by atoms with Gasteiger partial charge in [-0.15, -0.1) is 0 Å². The van der Waals surface area contributed by atoms with Gasteiger partial charge in [0, 0.05) is 11.7 Å². The van der Waals surface area contributed by atoms with Gasteiger partial charge >= 0.3 is 5.97 Å². The fraction of sp³-hybridized carbons (Fsp3) is 0.500. The molecule has 0 spiro atoms. The van der Waals surface area contributed by atoms with Crippen LogP contribution in [0, 0.1) is 0 Å². The van der Waals surface area contributed by atoms with Crippen LogP contribution < -0.4 is 10.6 Å². The van der Waals surface area contributed by atoms with Gasteiger partial charge in [-0.1, -0.05) is 25.3 Å². The first-order valence-electron chi connectivity index (χ1n) is 7.40. The van der Waals surface area contributed by atoms with Gasteiger partial charge in [-0.2, -0.15) is 0 Å². The van der Waals surface area contributed by atoms with Gasteiger partial charge in [-0.25, -0.2) is 4.79 Å². The molecule has 1 saturated carbocycles. The van der Waals surface area contributed by atoms with Crippen molar-refractivity contribution < 1.29 is 14.3 Å². The zero-order valence-electron chi connectivity index (χ0n) is 12.4. The van der Waals surface area contributed by atoms with Crippen LogP contribution in [0.5, 0.6) is 0 Å². The highest BCUT2D eigenvalue weighted by Gasteiger charge is 2.15. The van der Waals surface area contributed by atoms with Crippen molar-refractivity contribution in [2.24, 2.45) is 0 Å². The summed E-state index contributed by atoms with van der Waals surface area (Å²) in [6, 6.07) is 7.25. The second kappa shape index (κ2) is 7.67. The van der Waals surface area contributed by atoms with E-state index in [2.05, 4.69) is 15.4 Å². The fourth-order valence-electron chi connectivity index (χ4n) is 2.58. The van der Waals surface area contributed by atoms with E-state index in [1.807, 2.05) is 6.07 Å². The van der Waals surface area contributed by atoms with E-state index in [4.69, 9.17) is 0 Å². The molecule has 0 atom stereocenters. The average Bonchev–Trinajstić information content (AvgIpc) is 2.53. The van der Waals surface area contributed by atoms with Gasteiger partial charge in [-0.05, 0) is 31.0 Å². The second-order valence-corrected chi connectivity index (χ2v) is 5.33. The first kappa shape index (κ1) is 15.4. The molecule has 5 nitrogen and oxygen atoms in total. The normalized spacial score (nSPS) is 15.3. The number of esters is 1. The number of anilines is 1. The van der Waals surface area contributed by atoms with Crippen molar-refractivity contribution in [2.75, 3.05) is 19.0 Å². The van der Waals surface area contributed by atoms with Crippen LogP contribution in [0.3, 0.4) is 0 Å². The summed E-state index contributed by atoms with van der Waals surface area (Å²) in [4.78, 5) is 23.3. The molecule has 114 valence electrons. The molecule has 1 fully saturated rings. The second-order valence-electron chi connectivity index (χ2n) is 5.33. The maximum atomic E-state index is 11.9. The van der Waals surface area contributed by atoms with Crippen LogP contribution in [0.4, 0.5) is 5.69 Å². The van der Waals surface area contributed by atoms with Crippen LogP contribution in [-0.4, -0.2) is 31.6 Å². The Morgan fingerprint density at radius 1 is 1.24 bits per heavy atom. The summed E-state index contributed by atoms with van der Waals surface area (Å²) in [5.41, 5.74) is 1.20. The van der Waals surface area contributed by atoms with Gasteiger partial charge in [0.15, 0.2) is 0 Å². The lowest BCUT2D eigenvalue weighted by atomic mass is 9.95. The van der Waals surface area contributed by atoms with Gasteiger partial charge in [0.05, 0.1) is 19.2 Å². The van der Waals surface area contributed by atoms with Gasteiger partial charge in [0.1, 0.15) is 0 Å². The number of benzene rings is 1. The molecule has 1 aliphatic carbocycles. The Morgan fingerprint density at radius 3 is 2.71 bits per heavy atom. The summed E-state index contributed by atoms with van der Waals surface area (Å²) in [5.74, 6) is -0.393. The predicted molar refractivity (Wildman–Crippen MR) is 81.3 cm³/mol. The Labute approximate surface area is 125 Å². The maximum absolute atomic E-state index is 11.9. The molecule has 0 aromatic heterocycles. The van der Waals surface area contributed by atoms with Gasteiger partial charge < -0.3 is 15.4 Å². The maximum Gasteiger partial charge on any atom is 0.337 e. The first-order valence-corrected chi connectivity index (χ1v) is 7.40. The van der Waals surface area contributed by atoms with Gasteiger partial charge in [0.2, 0.25) is 5.91 Å². The zero-order chi connectivity index (χ0) is 15.1. The smallest absolute Gasteiger partial charge is 0.337 e. The molecule has 5 heteroatoms. The highest BCUT2D eigenvalue weighted by molar-refractivity contribution is 5.90. The molecule has 0 heterocycles. The molecule has 0 radical (unpaired) electrons. The van der Waals surface area contributed by atoms with Crippen LogP contribution in [0.25, 0.3) is 0 Å². The quantitative estimate of drug-likeness (QED) is 0.817. The lowest BCUT2D eigenvalue weighted by molar-refractivity contribution is -0.120. The van der Waals surface area contributed by atoms with Crippen LogP contribution in [0.15, 0.2) is 24.3 Å². The summed E-state index contributed by atoms with van der Waals surface area (Å²) < 4.78 is 4.67. The average molecular weight is 290 g/mol. The van der Waals surface area contributed by atoms with E-state index in [9.17, 15) is 9.59 Å². The summed E-state index contributed by atoms with van der Waals surface area (Å²) >= 11 is 0. The Bertz CT molecular complexity index is 496. The van der Waals surface area contributed by atoms with Crippen molar-refractivity contribution in [1.29, 1.82) is 0 Å². The molecular weight excluding hydrogens is 268 g/mol. The largest absolute Gasteiger partial charge is 0.465 e. The van der Waals surface area contributed by atoms with E-state index >= 15 is 0 Å². The van der Waals surface area contributed by atoms with Crippen molar-refractivity contribution in [1.82, 2.24) is 5.32 Å². The Kier molecular flexibility index (Phi) is 5.60. The van der Waals surface area contributed by atoms with E-state index in [0.717, 1.165) is 18.5 Å². The minimum absolute atomic E-state index is 0.00892. The van der Waals surface area contributed by atoms with Crippen LogP contribution >= 0.6 is 0 Å². The van der Waals surface area contributed by atoms with Gasteiger partial charge in [0.25, 0.3) is 0 Å². The molecule has 0 saturated heterocycles. The third-order valence-corrected chi connectivity index (χ3v) is 3.71. The Morgan fingerprint density at radius 2 is 2.00 bits per heavy atom. The zero-order valence-corrected chi connectivity index (χ0v) is 12.4. The molecule has 1 aromatic carbocycles. The minimum Gasteiger partial charge on any atom is -0.465 e. The van der Waals surface area contributed by atoms with Crippen LogP contribution in [-0.2, 0) is 9.53 Å². The number of methoxy groups -OCH3 is 1. The number of hydrogen-bond donors (Lipinski definition) is 2. The lowest BCUT2D eigenvalue weighted by Gasteiger charge is -2.22. The van der Waals surface area contributed by atoms with E-state index in [1.165, 1.54) is 26.4 Å². The third-order valence-electron chi connectivity index (χ3n) is 3.71. The SMILES string of the molecule is COC(=O)c1cccc(NCC(=O)NC2CCCCC2)c1. The monoisotopic (exact) mass is 290 g/mol. The predicted octanol–water partition coefficient (Wildman–Crippen LogP) is 2.33. The van der Waals surface area contributed by atoms with E-state index in [1.54, 1.807) is 18.2 Å². The summed E-state index contributed by atoms with van der Waals surface area (Å²) in [6.07, 6.45) is 5.80. The molecule has 2 rings (SSSR count). The number of amides is 1. The van der Waals surface area contributed by atoms with E-state index in [0.29, 0.717) is 11.6 Å². The standard InChI is InChI=1S/C16H22N2O3/c1-21-16(20)12-6-5-9-14(10-12)17-11-15(19)18-13-7-3-2-4-8-13/h5-6,9-10,13,17H,2-4,7-8,11H2,1H3,(H,18,19).